The summed E-state index contributed by atoms with van der Waals surface area (Å²) < 4.78 is 0. The molecule has 206 valence electrons. The first-order valence-electron chi connectivity index (χ1n) is 12.8. The number of carbonyl (C=O) groups is 2. The molecule has 13 heteroatoms. The molecule has 0 aliphatic carbocycles. The van der Waals surface area contributed by atoms with Gasteiger partial charge in [-0.05, 0) is 37.5 Å². The largest absolute Gasteiger partial charge is 0.398 e. The number of nitrogens with one attached hydrogen (secondary N) is 1. The molecule has 0 radical (unpaired) electrons. The fourth-order valence-electron chi connectivity index (χ4n) is 5.25. The van der Waals surface area contributed by atoms with Crippen molar-refractivity contribution in [2.24, 2.45) is 0 Å². The van der Waals surface area contributed by atoms with E-state index in [1.54, 1.807) is 18.2 Å². The second-order valence-electron chi connectivity index (χ2n) is 9.55. The van der Waals surface area contributed by atoms with Crippen LogP contribution in [-0.4, -0.2) is 94.6 Å². The van der Waals surface area contributed by atoms with E-state index in [-0.39, 0.29) is 41.8 Å². The number of benzene rings is 1. The van der Waals surface area contributed by atoms with Crippen molar-refractivity contribution < 1.29 is 14.7 Å². The van der Waals surface area contributed by atoms with Crippen LogP contribution in [0.3, 0.4) is 0 Å². The van der Waals surface area contributed by atoms with Crippen molar-refractivity contribution in [2.75, 3.05) is 62.2 Å². The van der Waals surface area contributed by atoms with Gasteiger partial charge in [-0.1, -0.05) is 30.1 Å². The van der Waals surface area contributed by atoms with E-state index in [1.807, 2.05) is 4.90 Å². The van der Waals surface area contributed by atoms with Gasteiger partial charge in [-0.15, -0.1) is 0 Å². The number of aliphatic hydroxyl groups is 1. The van der Waals surface area contributed by atoms with E-state index in [0.717, 1.165) is 25.8 Å². The summed E-state index contributed by atoms with van der Waals surface area (Å²) in [6, 6.07) is 5.60. The zero-order valence-corrected chi connectivity index (χ0v) is 22.9. The molecule has 4 rings (SSSR count). The average molecular weight is 566 g/mol. The summed E-state index contributed by atoms with van der Waals surface area (Å²) in [4.78, 5) is 40.3. The van der Waals surface area contributed by atoms with Gasteiger partial charge in [0.15, 0.2) is 22.5 Å². The van der Waals surface area contributed by atoms with Gasteiger partial charge in [0.25, 0.3) is 11.8 Å². The third-order valence-electron chi connectivity index (χ3n) is 7.24. The maximum atomic E-state index is 13.0. The zero-order chi connectivity index (χ0) is 27.4. The Morgan fingerprint density at radius 2 is 1.87 bits per heavy atom. The van der Waals surface area contributed by atoms with Crippen molar-refractivity contribution in [1.29, 1.82) is 0 Å². The van der Waals surface area contributed by atoms with E-state index in [0.29, 0.717) is 54.3 Å². The van der Waals surface area contributed by atoms with E-state index in [1.165, 1.54) is 0 Å². The monoisotopic (exact) mass is 564 g/mol. The van der Waals surface area contributed by atoms with Crippen LogP contribution < -0.4 is 21.7 Å². The van der Waals surface area contributed by atoms with Gasteiger partial charge in [0, 0.05) is 62.1 Å². The highest BCUT2D eigenvalue weighted by Gasteiger charge is 2.35. The molecule has 1 atom stereocenters. The number of nitrogens with zero attached hydrogens (tertiary/aromatic N) is 5. The van der Waals surface area contributed by atoms with Gasteiger partial charge in [-0.25, -0.2) is 9.97 Å². The van der Waals surface area contributed by atoms with Crippen LogP contribution >= 0.6 is 23.2 Å². The fourth-order valence-corrected chi connectivity index (χ4v) is 5.67. The van der Waals surface area contributed by atoms with Crippen molar-refractivity contribution in [3.63, 3.8) is 0 Å². The lowest BCUT2D eigenvalue weighted by atomic mass is 9.97. The van der Waals surface area contributed by atoms with Gasteiger partial charge >= 0.3 is 0 Å². The van der Waals surface area contributed by atoms with Gasteiger partial charge in [-0.3, -0.25) is 14.5 Å². The number of halogens is 2. The number of aromatic nitrogens is 2. The molecule has 0 saturated carbocycles. The molecule has 2 amide bonds. The number of piperidine rings is 1. The molecule has 2 aliphatic rings. The van der Waals surface area contributed by atoms with Gasteiger partial charge in [-0.2, -0.15) is 0 Å². The maximum absolute atomic E-state index is 13.0. The smallest absolute Gasteiger partial charge is 0.273 e. The summed E-state index contributed by atoms with van der Waals surface area (Å²) in [6.07, 6.45) is 2.68. The molecule has 11 nitrogen and oxygen atoms in total. The minimum atomic E-state index is -0.530. The van der Waals surface area contributed by atoms with E-state index < -0.39 is 5.91 Å². The summed E-state index contributed by atoms with van der Waals surface area (Å²) in [6.45, 7) is 5.55. The van der Waals surface area contributed by atoms with Gasteiger partial charge < -0.3 is 31.7 Å². The summed E-state index contributed by atoms with van der Waals surface area (Å²) in [5, 5.41) is 12.1. The topological polar surface area (TPSA) is 154 Å². The Morgan fingerprint density at radius 3 is 2.53 bits per heavy atom. The minimum absolute atomic E-state index is 0.00585. The highest BCUT2D eigenvalue weighted by atomic mass is 35.5. The van der Waals surface area contributed by atoms with Crippen molar-refractivity contribution in [3.8, 4) is 0 Å². The molecule has 2 aromatic rings. The van der Waals surface area contributed by atoms with Crippen LogP contribution in [0.5, 0.6) is 0 Å². The lowest BCUT2D eigenvalue weighted by molar-refractivity contribution is 0.0491. The Kier molecular flexibility index (Phi) is 9.14. The second kappa shape index (κ2) is 12.3. The maximum Gasteiger partial charge on any atom is 0.273 e. The number of amides is 2. The molecule has 6 N–H and O–H groups in total. The molecule has 1 aromatic carbocycles. The fraction of sp³-hybridized carbons (Fsp3) is 0.520. The van der Waals surface area contributed by atoms with E-state index in [9.17, 15) is 9.59 Å². The molecule has 0 spiro atoms. The molecule has 3 heterocycles. The molecular weight excluding hydrogens is 531 g/mol. The second-order valence-corrected chi connectivity index (χ2v) is 10.3. The van der Waals surface area contributed by atoms with Crippen LogP contribution in [0.4, 0.5) is 17.3 Å². The Hall–Kier alpha value is -2.86. The number of nitrogen functional groups attached to an aromatic ring is 2. The van der Waals surface area contributed by atoms with E-state index >= 15 is 0 Å². The average Bonchev–Trinajstić information content (AvgIpc) is 2.92. The third-order valence-corrected chi connectivity index (χ3v) is 7.73. The SMILES string of the molecule is CC[C@H]1CN(c2nc(N)c(C(=O)NCCO)nc2Cl)CCN1C1CCN(C(=O)c2ccc(Cl)cc2N)CC1. The Labute approximate surface area is 232 Å². The van der Waals surface area contributed by atoms with Gasteiger partial charge in [0.2, 0.25) is 0 Å². The molecule has 2 aliphatic heterocycles. The molecule has 38 heavy (non-hydrogen) atoms. The third kappa shape index (κ3) is 6.06. The number of likely N-dealkylation sites (tertiary alicyclic amines) is 1. The number of hydrogen-bond donors (Lipinski definition) is 4. The van der Waals surface area contributed by atoms with Crippen LogP contribution in [-0.2, 0) is 0 Å². The van der Waals surface area contributed by atoms with E-state index in [2.05, 4.69) is 32.0 Å². The first-order valence-corrected chi connectivity index (χ1v) is 13.6. The molecule has 1 aromatic heterocycles. The van der Waals surface area contributed by atoms with Crippen LogP contribution in [0.15, 0.2) is 18.2 Å². The number of piperazine rings is 1. The predicted octanol–water partition coefficient (Wildman–Crippen LogP) is 1.88. The lowest BCUT2D eigenvalue weighted by Crippen LogP contribution is -2.58. The van der Waals surface area contributed by atoms with Crippen molar-refractivity contribution in [2.45, 2.75) is 38.3 Å². The van der Waals surface area contributed by atoms with Crippen LogP contribution in [0.1, 0.15) is 47.0 Å². The summed E-state index contributed by atoms with van der Waals surface area (Å²) in [7, 11) is 0. The van der Waals surface area contributed by atoms with E-state index in [4.69, 9.17) is 39.8 Å². The number of aliphatic hydroxyl groups excluding tert-OH is 1. The molecule has 2 fully saturated rings. The standard InChI is InChI=1S/C25H34Cl2N8O3/c1-2-16-14-34(23-21(27)31-20(22(29)32-23)24(37)30-7-12-36)10-11-35(16)17-5-8-33(9-6-17)25(38)18-4-3-15(26)13-19(18)28/h3-4,13,16-17,36H,2,5-12,14,28H2,1H3,(H2,29,32)(H,30,37)/t16-/m0/s1. The highest BCUT2D eigenvalue weighted by Crippen LogP contribution is 2.30. The van der Waals surface area contributed by atoms with Crippen LogP contribution in [0, 0.1) is 0 Å². The number of anilines is 3. The summed E-state index contributed by atoms with van der Waals surface area (Å²) >= 11 is 12.4. The predicted molar refractivity (Wildman–Crippen MR) is 149 cm³/mol. The quantitative estimate of drug-likeness (QED) is 0.369. The summed E-state index contributed by atoms with van der Waals surface area (Å²) in [5.74, 6) is -0.137. The van der Waals surface area contributed by atoms with Gasteiger partial charge in [0.1, 0.15) is 0 Å². The normalized spacial score (nSPS) is 19.0. The Balaban J connectivity index is 1.38. The number of hydrogen-bond acceptors (Lipinski definition) is 9. The Morgan fingerprint density at radius 1 is 1.13 bits per heavy atom. The van der Waals surface area contributed by atoms with Crippen LogP contribution in [0.2, 0.25) is 10.2 Å². The first kappa shape index (κ1) is 28.2. The molecule has 0 bridgehead atoms. The highest BCUT2D eigenvalue weighted by molar-refractivity contribution is 6.32. The minimum Gasteiger partial charge on any atom is -0.398 e. The molecule has 2 saturated heterocycles. The number of carbonyl (C=O) groups excluding carboxylic acids is 2. The van der Waals surface area contributed by atoms with Crippen molar-refractivity contribution >= 4 is 52.3 Å². The Bertz CT molecular complexity index is 1180. The number of rotatable bonds is 7. The summed E-state index contributed by atoms with van der Waals surface area (Å²) in [5.41, 5.74) is 12.9. The molecular formula is C25H34Cl2N8O3. The number of nitrogens with two attached hydrogens (primary N) is 2. The molecule has 0 unspecified atom stereocenters. The first-order chi connectivity index (χ1) is 18.2. The van der Waals surface area contributed by atoms with Crippen molar-refractivity contribution in [1.82, 2.24) is 25.1 Å². The van der Waals surface area contributed by atoms with Gasteiger partial charge in [0.05, 0.1) is 12.2 Å². The zero-order valence-electron chi connectivity index (χ0n) is 21.4. The van der Waals surface area contributed by atoms with Crippen molar-refractivity contribution in [3.05, 3.63) is 39.6 Å². The lowest BCUT2D eigenvalue weighted by Gasteiger charge is -2.47. The van der Waals surface area contributed by atoms with Crippen LogP contribution in [0.25, 0.3) is 0 Å².